The van der Waals surface area contributed by atoms with Crippen molar-refractivity contribution in [3.05, 3.63) is 47.5 Å². The third kappa shape index (κ3) is 9.29. The lowest BCUT2D eigenvalue weighted by Gasteiger charge is -2.59. The molecule has 6 unspecified atom stereocenters. The number of aryl methyl sites for hydroxylation is 2. The summed E-state index contributed by atoms with van der Waals surface area (Å²) >= 11 is 0. The maximum atomic E-state index is 12.6. The number of methoxy groups -OCH3 is 1. The molecular weight excluding hydrogens is 696 g/mol. The molecule has 2 saturated carbocycles. The van der Waals surface area contributed by atoms with Crippen LogP contribution in [0.4, 0.5) is 21.9 Å². The van der Waals surface area contributed by atoms with E-state index >= 15 is 0 Å². The molecule has 8 rings (SSSR count). The van der Waals surface area contributed by atoms with Crippen molar-refractivity contribution in [2.24, 2.45) is 16.8 Å². The molecule has 4 aliphatic heterocycles. The molecule has 294 valence electrons. The van der Waals surface area contributed by atoms with Crippen LogP contribution in [0.1, 0.15) is 85.3 Å². The lowest BCUT2D eigenvalue weighted by atomic mass is 9.65. The van der Waals surface area contributed by atoms with Gasteiger partial charge in [-0.15, -0.1) is 5.26 Å². The number of rotatable bonds is 6. The number of anilines is 2. The summed E-state index contributed by atoms with van der Waals surface area (Å²) in [5.41, 5.74) is 1.42. The Morgan fingerprint density at radius 2 is 1.43 bits per heavy atom. The molecule has 2 amide bonds. The molecule has 14 nitrogen and oxygen atoms in total. The Balaban J connectivity index is 0.000000207. The summed E-state index contributed by atoms with van der Waals surface area (Å²) in [7, 11) is 1.67. The second-order valence-electron chi connectivity index (χ2n) is 15.9. The van der Waals surface area contributed by atoms with Crippen molar-refractivity contribution < 1.29 is 48.3 Å². The van der Waals surface area contributed by atoms with Gasteiger partial charge in [0.25, 0.3) is 6.26 Å². The average molecular weight is 751 g/mol. The number of fused-ring (bicyclic) bond motifs is 6. The molecule has 6 aliphatic rings. The topological polar surface area (TPSA) is 198 Å². The molecule has 4 heterocycles. The van der Waals surface area contributed by atoms with Crippen molar-refractivity contribution in [3.63, 3.8) is 0 Å². The van der Waals surface area contributed by atoms with Crippen LogP contribution in [0.25, 0.3) is 0 Å². The summed E-state index contributed by atoms with van der Waals surface area (Å²) in [6.45, 7) is 17.1. The zero-order valence-electron chi connectivity index (χ0n) is 32.8. The van der Waals surface area contributed by atoms with Crippen molar-refractivity contribution >= 4 is 35.1 Å². The number of benzene rings is 2. The number of ether oxygens (including phenoxy) is 5. The molecule has 2 aromatic carbocycles. The predicted molar refractivity (Wildman–Crippen MR) is 200 cm³/mol. The van der Waals surface area contributed by atoms with Crippen LogP contribution in [0.2, 0.25) is 0 Å². The van der Waals surface area contributed by atoms with Gasteiger partial charge in [-0.3, -0.25) is 10.1 Å². The number of aliphatic imine (C=N–C) groups is 1. The van der Waals surface area contributed by atoms with Crippen LogP contribution < -0.4 is 15.4 Å². The number of isocyanates is 1. The van der Waals surface area contributed by atoms with Gasteiger partial charge < -0.3 is 39.2 Å². The Morgan fingerprint density at radius 1 is 0.852 bits per heavy atom. The Labute approximate surface area is 317 Å². The van der Waals surface area contributed by atoms with Gasteiger partial charge in [0.2, 0.25) is 12.0 Å². The molecule has 6 fully saturated rings. The molecule has 6 atom stereocenters. The Kier molecular flexibility index (Phi) is 13.0. The van der Waals surface area contributed by atoms with Crippen molar-refractivity contribution in [3.8, 4) is 12.0 Å². The van der Waals surface area contributed by atoms with Gasteiger partial charge in [-0.05, 0) is 122 Å². The molecule has 4 saturated heterocycles. The SMILES string of the molecule is CC1(C)OC2(C)C(O)CC1CC2O.COC1CC2CC(OC(=O)Nc3ccc(C)c(NC(C)=O)c3)C1(C)OC2(C)C.Cc1ccc(N=C=O)cc1OC#N. The Morgan fingerprint density at radius 3 is 1.98 bits per heavy atom. The minimum atomic E-state index is -0.752. The summed E-state index contributed by atoms with van der Waals surface area (Å²) in [5.74, 6) is 0.764. The number of amides is 2. The van der Waals surface area contributed by atoms with E-state index in [2.05, 4.69) is 34.2 Å². The molecule has 54 heavy (non-hydrogen) atoms. The molecule has 0 spiro atoms. The lowest BCUT2D eigenvalue weighted by Crippen LogP contribution is -2.69. The minimum absolute atomic E-state index is 0.122. The fraction of sp³-hybridized carbons (Fsp3) is 0.600. The standard InChI is InChI=1S/C21H30N2O5.C10H18O3.C9H6N2O2/c1-12-7-8-15(11-16(12)22-13(2)24)23-19(25)27-18-10-14-9-17(26-6)21(18,5)28-20(14,3)4;1-9(2)6-4-7(11)10(3,13-9)8(12)5-6;1-7-2-3-8(11-6-12)4-9(7)13-5-10/h7-8,11,14,17-18H,9-10H2,1-6H3,(H,22,24)(H,23,25);6-8,11-12H,4-5H2,1-3H3;2-4H,1H3. The van der Waals surface area contributed by atoms with Gasteiger partial charge in [-0.1, -0.05) is 12.1 Å². The number of hydrogen-bond donors (Lipinski definition) is 4. The van der Waals surface area contributed by atoms with Crippen molar-refractivity contribution in [2.75, 3.05) is 17.7 Å². The third-order valence-electron chi connectivity index (χ3n) is 11.4. The Hall–Kier alpha value is -4.35. The van der Waals surface area contributed by atoms with E-state index < -0.39 is 35.6 Å². The van der Waals surface area contributed by atoms with E-state index in [-0.39, 0.29) is 35.0 Å². The number of aliphatic hydroxyl groups excluding tert-OH is 2. The molecular formula is C40H54N4O10. The van der Waals surface area contributed by atoms with Gasteiger partial charge in [-0.2, -0.15) is 4.99 Å². The van der Waals surface area contributed by atoms with Crippen LogP contribution in [-0.2, 0) is 28.5 Å². The first-order valence-corrected chi connectivity index (χ1v) is 18.1. The van der Waals surface area contributed by atoms with Crippen LogP contribution in [0.3, 0.4) is 0 Å². The summed E-state index contributed by atoms with van der Waals surface area (Å²) in [4.78, 5) is 37.2. The van der Waals surface area contributed by atoms with E-state index in [1.807, 2.05) is 33.8 Å². The summed E-state index contributed by atoms with van der Waals surface area (Å²) in [6, 6.07) is 10.2. The van der Waals surface area contributed by atoms with Gasteiger partial charge in [0.05, 0.1) is 35.2 Å². The fourth-order valence-electron chi connectivity index (χ4n) is 7.98. The van der Waals surface area contributed by atoms with E-state index in [1.165, 1.54) is 19.1 Å². The molecule has 2 aliphatic carbocycles. The maximum Gasteiger partial charge on any atom is 0.412 e. The molecule has 2 aromatic rings. The second kappa shape index (κ2) is 16.6. The van der Waals surface area contributed by atoms with Crippen LogP contribution in [0.5, 0.6) is 5.75 Å². The third-order valence-corrected chi connectivity index (χ3v) is 11.4. The lowest BCUT2D eigenvalue weighted by molar-refractivity contribution is -0.313. The first-order chi connectivity index (χ1) is 25.2. The van der Waals surface area contributed by atoms with Crippen LogP contribution in [0, 0.1) is 37.2 Å². The molecule has 0 aromatic heterocycles. The highest BCUT2D eigenvalue weighted by Gasteiger charge is 2.61. The van der Waals surface area contributed by atoms with E-state index in [0.29, 0.717) is 22.8 Å². The summed E-state index contributed by atoms with van der Waals surface area (Å²) < 4.78 is 28.2. The molecule has 14 heteroatoms. The van der Waals surface area contributed by atoms with Gasteiger partial charge in [-0.25, -0.2) is 9.59 Å². The second-order valence-corrected chi connectivity index (χ2v) is 15.9. The van der Waals surface area contributed by atoms with Gasteiger partial charge in [0, 0.05) is 31.5 Å². The van der Waals surface area contributed by atoms with Gasteiger partial charge in [0.1, 0.15) is 23.1 Å². The quantitative estimate of drug-likeness (QED) is 0.145. The number of nitrogens with one attached hydrogen (secondary N) is 2. The largest absolute Gasteiger partial charge is 0.443 e. The first kappa shape index (κ1) is 42.4. The summed E-state index contributed by atoms with van der Waals surface area (Å²) in [5, 5.41) is 33.3. The maximum absolute atomic E-state index is 12.6. The highest BCUT2D eigenvalue weighted by Crippen LogP contribution is 2.52. The predicted octanol–water partition coefficient (Wildman–Crippen LogP) is 6.37. The van der Waals surface area contributed by atoms with Crippen molar-refractivity contribution in [1.29, 1.82) is 5.26 Å². The molecule has 4 bridgehead atoms. The number of carbonyl (C=O) groups is 2. The zero-order chi connectivity index (χ0) is 40.2. The highest BCUT2D eigenvalue weighted by molar-refractivity contribution is 5.92. The molecule has 4 N–H and O–H groups in total. The van der Waals surface area contributed by atoms with E-state index in [4.69, 9.17) is 24.2 Å². The van der Waals surface area contributed by atoms with E-state index in [9.17, 15) is 24.6 Å². The Bertz CT molecular complexity index is 1770. The number of hydrogen-bond acceptors (Lipinski definition) is 12. The molecule has 0 radical (unpaired) electrons. The minimum Gasteiger partial charge on any atom is -0.443 e. The highest BCUT2D eigenvalue weighted by atomic mass is 16.6. The van der Waals surface area contributed by atoms with Crippen molar-refractivity contribution in [2.45, 2.75) is 135 Å². The average Bonchev–Trinajstić information content (AvgIpc) is 3.06. The van der Waals surface area contributed by atoms with Crippen LogP contribution >= 0.6 is 0 Å². The monoisotopic (exact) mass is 750 g/mol. The first-order valence-electron chi connectivity index (χ1n) is 18.1. The van der Waals surface area contributed by atoms with Crippen LogP contribution in [0.15, 0.2) is 41.4 Å². The fourth-order valence-corrected chi connectivity index (χ4v) is 7.98. The van der Waals surface area contributed by atoms with E-state index in [0.717, 1.165) is 36.8 Å². The van der Waals surface area contributed by atoms with E-state index in [1.54, 1.807) is 51.5 Å². The smallest absolute Gasteiger partial charge is 0.412 e. The zero-order valence-corrected chi connectivity index (χ0v) is 32.8. The van der Waals surface area contributed by atoms with Crippen molar-refractivity contribution in [1.82, 2.24) is 0 Å². The summed E-state index contributed by atoms with van der Waals surface area (Å²) in [6.07, 6.45) is 3.98. The number of nitriles is 1. The normalized spacial score (nSPS) is 30.8. The van der Waals surface area contributed by atoms with Gasteiger partial charge >= 0.3 is 6.09 Å². The number of aliphatic hydroxyl groups is 2. The van der Waals surface area contributed by atoms with Crippen LogP contribution in [-0.4, -0.2) is 82.2 Å². The van der Waals surface area contributed by atoms with Gasteiger partial charge in [0.15, 0.2) is 0 Å². The number of carbonyl (C=O) groups excluding carboxylic acids is 3. The number of nitrogens with zero attached hydrogens (tertiary/aromatic N) is 2.